The van der Waals surface area contributed by atoms with Crippen LogP contribution in [0.4, 0.5) is 11.5 Å². The molecular weight excluding hydrogens is 599 g/mol. The summed E-state index contributed by atoms with van der Waals surface area (Å²) in [5.41, 5.74) is 1.59. The smallest absolute Gasteiger partial charge is 0.324 e. The average molecular weight is 630 g/mol. The molecule has 0 bridgehead atoms. The van der Waals surface area contributed by atoms with E-state index in [-0.39, 0.29) is 32.8 Å². The number of carboxylic acids is 1. The highest BCUT2D eigenvalue weighted by molar-refractivity contribution is 7.92. The molecule has 0 amide bonds. The SMILES string of the molecule is CN(C)CCNc1cc(CCC(=O)c2cccc3cc(N(CC(=O)O)S(=O)(=O)c4cc(Cl)cc(Cl)c4)ccc23)ccn1. The number of rotatable bonds is 13. The van der Waals surface area contributed by atoms with Crippen molar-refractivity contribution in [3.8, 4) is 0 Å². The lowest BCUT2D eigenvalue weighted by molar-refractivity contribution is -0.135. The van der Waals surface area contributed by atoms with Gasteiger partial charge in [-0.3, -0.25) is 13.9 Å². The van der Waals surface area contributed by atoms with Gasteiger partial charge < -0.3 is 15.3 Å². The van der Waals surface area contributed by atoms with Gasteiger partial charge in [-0.1, -0.05) is 47.5 Å². The van der Waals surface area contributed by atoms with E-state index in [9.17, 15) is 23.1 Å². The Hall–Kier alpha value is -3.70. The summed E-state index contributed by atoms with van der Waals surface area (Å²) in [4.78, 5) is 31.1. The van der Waals surface area contributed by atoms with Crippen LogP contribution in [0.1, 0.15) is 22.3 Å². The molecule has 2 N–H and O–H groups in total. The van der Waals surface area contributed by atoms with E-state index in [1.165, 1.54) is 24.3 Å². The van der Waals surface area contributed by atoms with Crippen LogP contribution in [0.15, 0.2) is 77.8 Å². The standard InChI is InChI=1S/C30H30Cl2N4O5S/c1-35(2)13-12-34-29-14-20(10-11-33-29)6-9-28(37)27-5-3-4-21-15-24(7-8-26(21)27)36(19-30(38)39)42(40,41)25-17-22(31)16-23(32)18-25/h3-5,7-8,10-11,14-18H,6,9,12-13,19H2,1-2H3,(H,33,34)(H,38,39). The molecule has 4 aromatic rings. The number of nitrogens with zero attached hydrogens (tertiary/aromatic N) is 3. The van der Waals surface area contributed by atoms with Crippen LogP contribution in [0.5, 0.6) is 0 Å². The number of aryl methyl sites for hydroxylation is 1. The van der Waals surface area contributed by atoms with Crippen molar-refractivity contribution in [3.63, 3.8) is 0 Å². The van der Waals surface area contributed by atoms with Crippen LogP contribution in [0.3, 0.4) is 0 Å². The van der Waals surface area contributed by atoms with E-state index < -0.39 is 22.5 Å². The third-order valence-corrected chi connectivity index (χ3v) is 8.67. The highest BCUT2D eigenvalue weighted by Gasteiger charge is 2.28. The van der Waals surface area contributed by atoms with Gasteiger partial charge in [-0.25, -0.2) is 13.4 Å². The molecule has 0 unspecified atom stereocenters. The number of halogens is 2. The molecule has 0 aliphatic rings. The van der Waals surface area contributed by atoms with E-state index in [0.717, 1.165) is 28.8 Å². The van der Waals surface area contributed by atoms with Crippen molar-refractivity contribution in [3.05, 3.63) is 94.1 Å². The summed E-state index contributed by atoms with van der Waals surface area (Å²) >= 11 is 12.0. The Morgan fingerprint density at radius 2 is 1.71 bits per heavy atom. The largest absolute Gasteiger partial charge is 0.480 e. The predicted octanol–water partition coefficient (Wildman–Crippen LogP) is 5.61. The number of hydrogen-bond donors (Lipinski definition) is 2. The number of benzene rings is 3. The molecule has 0 radical (unpaired) electrons. The first kappa shape index (κ1) is 31.2. The van der Waals surface area contributed by atoms with E-state index in [4.69, 9.17) is 23.2 Å². The first-order valence-electron chi connectivity index (χ1n) is 13.0. The van der Waals surface area contributed by atoms with Crippen molar-refractivity contribution in [1.82, 2.24) is 9.88 Å². The van der Waals surface area contributed by atoms with Gasteiger partial charge in [0.15, 0.2) is 5.78 Å². The van der Waals surface area contributed by atoms with Gasteiger partial charge in [0, 0.05) is 41.3 Å². The highest BCUT2D eigenvalue weighted by atomic mass is 35.5. The Labute approximate surface area is 254 Å². The summed E-state index contributed by atoms with van der Waals surface area (Å²) in [7, 11) is -0.345. The number of aliphatic carboxylic acids is 1. The molecule has 42 heavy (non-hydrogen) atoms. The lowest BCUT2D eigenvalue weighted by Gasteiger charge is -2.23. The number of Topliss-reactive ketones (excluding diaryl/α,β-unsaturated/α-hetero) is 1. The zero-order valence-electron chi connectivity index (χ0n) is 23.0. The van der Waals surface area contributed by atoms with Crippen LogP contribution in [-0.4, -0.2) is 68.9 Å². The Morgan fingerprint density at radius 3 is 2.40 bits per heavy atom. The minimum atomic E-state index is -4.34. The lowest BCUT2D eigenvalue weighted by Crippen LogP contribution is -2.35. The zero-order valence-corrected chi connectivity index (χ0v) is 25.4. The topological polar surface area (TPSA) is 120 Å². The summed E-state index contributed by atoms with van der Waals surface area (Å²) in [5.74, 6) is -0.667. The third-order valence-electron chi connectivity index (χ3n) is 6.49. The lowest BCUT2D eigenvalue weighted by atomic mass is 9.97. The molecular formula is C30H30Cl2N4O5S. The first-order valence-corrected chi connectivity index (χ1v) is 15.2. The second kappa shape index (κ2) is 13.5. The number of anilines is 2. The number of ketones is 1. The fourth-order valence-electron chi connectivity index (χ4n) is 4.44. The number of carbonyl (C=O) groups is 2. The van der Waals surface area contributed by atoms with Crippen molar-refractivity contribution >= 4 is 67.3 Å². The molecule has 3 aromatic carbocycles. The fourth-order valence-corrected chi connectivity index (χ4v) is 6.57. The number of hydrogen-bond acceptors (Lipinski definition) is 7. The maximum Gasteiger partial charge on any atom is 0.324 e. The second-order valence-corrected chi connectivity index (χ2v) is 12.7. The molecule has 1 heterocycles. The van der Waals surface area contributed by atoms with Gasteiger partial charge in [0.25, 0.3) is 10.0 Å². The van der Waals surface area contributed by atoms with Gasteiger partial charge >= 0.3 is 5.97 Å². The quantitative estimate of drug-likeness (QED) is 0.183. The molecule has 0 aliphatic heterocycles. The number of fused-ring (bicyclic) bond motifs is 1. The number of carboxylic acid groups (broad SMARTS) is 1. The molecule has 9 nitrogen and oxygen atoms in total. The normalized spacial score (nSPS) is 11.5. The Kier molecular flexibility index (Phi) is 10.1. The number of carbonyl (C=O) groups excluding carboxylic acids is 1. The van der Waals surface area contributed by atoms with Gasteiger partial charge in [-0.2, -0.15) is 0 Å². The van der Waals surface area contributed by atoms with Crippen LogP contribution < -0.4 is 9.62 Å². The van der Waals surface area contributed by atoms with E-state index in [1.807, 2.05) is 26.2 Å². The summed E-state index contributed by atoms with van der Waals surface area (Å²) in [6, 6.07) is 17.5. The Bertz CT molecular complexity index is 1710. The van der Waals surface area contributed by atoms with Crippen molar-refractivity contribution in [2.24, 2.45) is 0 Å². The van der Waals surface area contributed by atoms with Gasteiger partial charge in [-0.15, -0.1) is 0 Å². The molecule has 0 spiro atoms. The molecule has 0 aliphatic carbocycles. The van der Waals surface area contributed by atoms with Gasteiger partial charge in [0.2, 0.25) is 0 Å². The number of likely N-dealkylation sites (N-methyl/N-ethyl adjacent to an activating group) is 1. The molecule has 1 aromatic heterocycles. The van der Waals surface area contributed by atoms with Crippen molar-refractivity contribution in [2.75, 3.05) is 43.4 Å². The molecule has 0 saturated heterocycles. The van der Waals surface area contributed by atoms with E-state index >= 15 is 0 Å². The van der Waals surface area contributed by atoms with Crippen LogP contribution in [0.2, 0.25) is 10.0 Å². The van der Waals surface area contributed by atoms with E-state index in [0.29, 0.717) is 22.8 Å². The van der Waals surface area contributed by atoms with Gasteiger partial charge in [0.05, 0.1) is 10.6 Å². The van der Waals surface area contributed by atoms with Crippen molar-refractivity contribution < 1.29 is 23.1 Å². The minimum absolute atomic E-state index is 0.0733. The van der Waals surface area contributed by atoms with Crippen LogP contribution in [-0.2, 0) is 21.2 Å². The number of pyridine rings is 1. The minimum Gasteiger partial charge on any atom is -0.480 e. The third kappa shape index (κ3) is 7.77. The second-order valence-electron chi connectivity index (χ2n) is 9.92. The Morgan fingerprint density at radius 1 is 0.976 bits per heavy atom. The predicted molar refractivity (Wildman–Crippen MR) is 167 cm³/mol. The van der Waals surface area contributed by atoms with E-state index in [1.54, 1.807) is 36.5 Å². The average Bonchev–Trinajstić information content (AvgIpc) is 2.93. The van der Waals surface area contributed by atoms with Crippen molar-refractivity contribution in [2.45, 2.75) is 17.7 Å². The molecule has 0 fully saturated rings. The summed E-state index contributed by atoms with van der Waals surface area (Å²) in [6.07, 6.45) is 2.49. The van der Waals surface area contributed by atoms with Gasteiger partial charge in [-0.05, 0) is 79.3 Å². The maximum absolute atomic E-state index is 13.5. The van der Waals surface area contributed by atoms with Crippen LogP contribution in [0, 0.1) is 0 Å². The van der Waals surface area contributed by atoms with E-state index in [2.05, 4.69) is 15.2 Å². The monoisotopic (exact) mass is 628 g/mol. The number of aromatic nitrogens is 1. The molecule has 0 saturated carbocycles. The van der Waals surface area contributed by atoms with Crippen LogP contribution >= 0.6 is 23.2 Å². The Balaban J connectivity index is 1.58. The molecule has 0 atom stereocenters. The molecule has 12 heteroatoms. The maximum atomic E-state index is 13.5. The molecule has 220 valence electrons. The van der Waals surface area contributed by atoms with Crippen LogP contribution in [0.25, 0.3) is 10.8 Å². The number of nitrogens with one attached hydrogen (secondary N) is 1. The van der Waals surface area contributed by atoms with Gasteiger partial charge in [0.1, 0.15) is 12.4 Å². The highest BCUT2D eigenvalue weighted by Crippen LogP contribution is 2.31. The summed E-state index contributed by atoms with van der Waals surface area (Å²) < 4.78 is 27.8. The van der Waals surface area contributed by atoms with Crippen molar-refractivity contribution in [1.29, 1.82) is 0 Å². The fraction of sp³-hybridized carbons (Fsp3) is 0.233. The number of sulfonamides is 1. The first-order chi connectivity index (χ1) is 19.9. The zero-order chi connectivity index (χ0) is 30.4. The molecule has 4 rings (SSSR count). The summed E-state index contributed by atoms with van der Waals surface area (Å²) in [6.45, 7) is 0.787. The summed E-state index contributed by atoms with van der Waals surface area (Å²) in [5, 5.41) is 14.2.